The van der Waals surface area contributed by atoms with E-state index in [1.165, 1.54) is 6.20 Å². The van der Waals surface area contributed by atoms with Crippen molar-refractivity contribution in [2.75, 3.05) is 0 Å². The quantitative estimate of drug-likeness (QED) is 0.487. The normalized spacial score (nSPS) is 8.71. The molecule has 4 heteroatoms. The van der Waals surface area contributed by atoms with E-state index in [1.54, 1.807) is 6.07 Å². The van der Waals surface area contributed by atoms with Crippen molar-refractivity contribution in [1.82, 2.24) is 15.4 Å². The van der Waals surface area contributed by atoms with Crippen molar-refractivity contribution in [1.29, 1.82) is 0 Å². The van der Waals surface area contributed by atoms with E-state index in [4.69, 9.17) is 0 Å². The summed E-state index contributed by atoms with van der Waals surface area (Å²) in [7, 11) is 0. The van der Waals surface area contributed by atoms with Gasteiger partial charge in [-0.15, -0.1) is 22.8 Å². The molecule has 36 valence electrons. The van der Waals surface area contributed by atoms with Crippen LogP contribution in [-0.4, -0.2) is 15.4 Å². The van der Waals surface area contributed by atoms with Gasteiger partial charge in [-0.3, -0.25) is 0 Å². The Morgan fingerprint density at radius 3 is 2.71 bits per heavy atom. The Kier molecular flexibility index (Phi) is 1.21. The average Bonchev–Trinajstić information content (AvgIpc) is 1.69. The smallest absolute Gasteiger partial charge is 0.119 e. The zero-order valence-corrected chi connectivity index (χ0v) is 4.34. The largest absolute Gasteiger partial charge is 0.139 e. The molecule has 0 saturated carbocycles. The van der Waals surface area contributed by atoms with E-state index in [2.05, 4.69) is 28.0 Å². The van der Waals surface area contributed by atoms with Gasteiger partial charge in [0.05, 0.1) is 6.20 Å². The minimum absolute atomic E-state index is 0.593. The van der Waals surface area contributed by atoms with E-state index in [1.807, 2.05) is 0 Å². The molecule has 1 aromatic heterocycles. The number of thiol groups is 1. The van der Waals surface area contributed by atoms with E-state index in [9.17, 15) is 0 Å². The topological polar surface area (TPSA) is 38.7 Å². The summed E-state index contributed by atoms with van der Waals surface area (Å²) in [4.78, 5) is 0. The monoisotopic (exact) mass is 113 g/mol. The highest BCUT2D eigenvalue weighted by Crippen LogP contribution is 1.91. The number of hydrogen-bond donors (Lipinski definition) is 1. The summed E-state index contributed by atoms with van der Waals surface area (Å²) >= 11 is 3.87. The Labute approximate surface area is 46.2 Å². The molecule has 0 radical (unpaired) electrons. The predicted molar refractivity (Wildman–Crippen MR) is 27.1 cm³/mol. The molecule has 0 fully saturated rings. The van der Waals surface area contributed by atoms with Crippen molar-refractivity contribution in [3.05, 3.63) is 12.3 Å². The molecule has 0 aliphatic rings. The van der Waals surface area contributed by atoms with Crippen LogP contribution in [0.3, 0.4) is 0 Å². The van der Waals surface area contributed by atoms with E-state index in [0.29, 0.717) is 5.03 Å². The van der Waals surface area contributed by atoms with Crippen LogP contribution in [0.25, 0.3) is 0 Å². The molecule has 0 unspecified atom stereocenters. The summed E-state index contributed by atoms with van der Waals surface area (Å²) in [5.74, 6) is 0. The maximum absolute atomic E-state index is 3.87. The lowest BCUT2D eigenvalue weighted by Gasteiger charge is -1.78. The lowest BCUT2D eigenvalue weighted by Crippen LogP contribution is -1.82. The third kappa shape index (κ3) is 1.12. The maximum Gasteiger partial charge on any atom is 0.119 e. The molecule has 1 heterocycles. The van der Waals surface area contributed by atoms with Crippen molar-refractivity contribution in [2.45, 2.75) is 5.03 Å². The highest BCUT2D eigenvalue weighted by Gasteiger charge is 1.77. The summed E-state index contributed by atoms with van der Waals surface area (Å²) in [5.41, 5.74) is 0. The van der Waals surface area contributed by atoms with Gasteiger partial charge in [-0.25, -0.2) is 0 Å². The number of nitrogens with zero attached hydrogens (tertiary/aromatic N) is 3. The molecule has 0 saturated heterocycles. The van der Waals surface area contributed by atoms with Gasteiger partial charge in [-0.05, 0) is 11.3 Å². The van der Waals surface area contributed by atoms with E-state index >= 15 is 0 Å². The molecule has 0 aromatic carbocycles. The molecule has 1 aromatic rings. The van der Waals surface area contributed by atoms with Crippen LogP contribution in [0.15, 0.2) is 17.3 Å². The Bertz CT molecular complexity index is 140. The molecule has 1 rings (SSSR count). The zero-order chi connectivity index (χ0) is 5.11. The van der Waals surface area contributed by atoms with Gasteiger partial charge in [-0.1, -0.05) is 0 Å². The molecule has 0 N–H and O–H groups in total. The molecule has 3 nitrogen and oxygen atoms in total. The first-order valence-electron chi connectivity index (χ1n) is 1.73. The lowest BCUT2D eigenvalue weighted by molar-refractivity contribution is 0.806. The standard InChI is InChI=1S/C3H3N3S/c7-3-1-2-4-6-5-3/h1-2H,(H,4,5,7). The highest BCUT2D eigenvalue weighted by atomic mass is 32.1. The molecule has 0 bridgehead atoms. The lowest BCUT2D eigenvalue weighted by atomic mass is 10.7. The Morgan fingerprint density at radius 2 is 2.43 bits per heavy atom. The maximum atomic E-state index is 3.87. The van der Waals surface area contributed by atoms with E-state index in [-0.39, 0.29) is 0 Å². The summed E-state index contributed by atoms with van der Waals surface area (Å²) in [6.45, 7) is 0. The van der Waals surface area contributed by atoms with Crippen molar-refractivity contribution in [3.8, 4) is 0 Å². The first-order valence-corrected chi connectivity index (χ1v) is 2.17. The molecule has 0 aliphatic heterocycles. The van der Waals surface area contributed by atoms with Gasteiger partial charge in [-0.2, -0.15) is 0 Å². The molecule has 7 heavy (non-hydrogen) atoms. The van der Waals surface area contributed by atoms with Gasteiger partial charge < -0.3 is 0 Å². The molecule has 0 atom stereocenters. The highest BCUT2D eigenvalue weighted by molar-refractivity contribution is 7.80. The first kappa shape index (κ1) is 4.52. The fourth-order valence-corrected chi connectivity index (χ4v) is 0.341. The van der Waals surface area contributed by atoms with Crippen LogP contribution in [0.5, 0.6) is 0 Å². The van der Waals surface area contributed by atoms with Crippen LogP contribution in [-0.2, 0) is 0 Å². The van der Waals surface area contributed by atoms with Crippen LogP contribution < -0.4 is 0 Å². The van der Waals surface area contributed by atoms with Crippen molar-refractivity contribution in [3.63, 3.8) is 0 Å². The number of aromatic nitrogens is 3. The molecular formula is C3H3N3S. The summed E-state index contributed by atoms with van der Waals surface area (Å²) in [6, 6.07) is 1.66. The van der Waals surface area contributed by atoms with Crippen molar-refractivity contribution in [2.24, 2.45) is 0 Å². The van der Waals surface area contributed by atoms with Gasteiger partial charge in [0.1, 0.15) is 5.03 Å². The van der Waals surface area contributed by atoms with Crippen LogP contribution in [0.1, 0.15) is 0 Å². The first-order chi connectivity index (χ1) is 3.39. The minimum Gasteiger partial charge on any atom is -0.139 e. The van der Waals surface area contributed by atoms with Crippen LogP contribution >= 0.6 is 12.6 Å². The van der Waals surface area contributed by atoms with Crippen molar-refractivity contribution < 1.29 is 0 Å². The molecular weight excluding hydrogens is 110 g/mol. The van der Waals surface area contributed by atoms with Crippen LogP contribution in [0, 0.1) is 0 Å². The average molecular weight is 113 g/mol. The SMILES string of the molecule is Sc1ccnnn1. The zero-order valence-electron chi connectivity index (χ0n) is 3.44. The van der Waals surface area contributed by atoms with Gasteiger partial charge in [0.25, 0.3) is 0 Å². The predicted octanol–water partition coefficient (Wildman–Crippen LogP) is 0.160. The third-order valence-electron chi connectivity index (χ3n) is 0.489. The Morgan fingerprint density at radius 1 is 1.57 bits per heavy atom. The van der Waals surface area contributed by atoms with Gasteiger partial charge in [0.15, 0.2) is 0 Å². The second kappa shape index (κ2) is 1.88. The van der Waals surface area contributed by atoms with E-state index < -0.39 is 0 Å². The van der Waals surface area contributed by atoms with Crippen LogP contribution in [0.2, 0.25) is 0 Å². The van der Waals surface area contributed by atoms with Gasteiger partial charge in [0.2, 0.25) is 0 Å². The molecule has 0 amide bonds. The summed E-state index contributed by atoms with van der Waals surface area (Å²) < 4.78 is 0. The van der Waals surface area contributed by atoms with E-state index in [0.717, 1.165) is 0 Å². The number of rotatable bonds is 0. The van der Waals surface area contributed by atoms with Crippen molar-refractivity contribution >= 4 is 12.6 Å². The summed E-state index contributed by atoms with van der Waals surface area (Å²) in [5, 5.41) is 10.8. The third-order valence-corrected chi connectivity index (χ3v) is 0.728. The van der Waals surface area contributed by atoms with Gasteiger partial charge >= 0.3 is 0 Å². The second-order valence-corrected chi connectivity index (χ2v) is 1.44. The minimum atomic E-state index is 0.593. The van der Waals surface area contributed by atoms with Crippen LogP contribution in [0.4, 0.5) is 0 Å². The molecule has 0 aliphatic carbocycles. The fraction of sp³-hybridized carbons (Fsp3) is 0. The molecule has 0 spiro atoms. The number of hydrogen-bond acceptors (Lipinski definition) is 4. The summed E-state index contributed by atoms with van der Waals surface area (Å²) in [6.07, 6.45) is 1.54. The Balaban J connectivity index is 3.02. The second-order valence-electron chi connectivity index (χ2n) is 0.979. The fourth-order valence-electron chi connectivity index (χ4n) is 0.235. The van der Waals surface area contributed by atoms with Gasteiger partial charge in [0, 0.05) is 0 Å². The Hall–Kier alpha value is -0.640.